The third-order valence-electron chi connectivity index (χ3n) is 4.60. The van der Waals surface area contributed by atoms with E-state index >= 15 is 0 Å². The van der Waals surface area contributed by atoms with E-state index in [2.05, 4.69) is 0 Å². The summed E-state index contributed by atoms with van der Waals surface area (Å²) in [4.78, 5) is 17.1. The maximum Gasteiger partial charge on any atom is 0.244 e. The van der Waals surface area contributed by atoms with Gasteiger partial charge in [-0.3, -0.25) is 9.69 Å². The van der Waals surface area contributed by atoms with Gasteiger partial charge in [0.1, 0.15) is 17.9 Å². The Morgan fingerprint density at radius 1 is 1.08 bits per heavy atom. The van der Waals surface area contributed by atoms with E-state index in [4.69, 9.17) is 4.74 Å². The van der Waals surface area contributed by atoms with Crippen molar-refractivity contribution in [3.05, 3.63) is 66.2 Å². The Bertz CT molecular complexity index is 673. The third-order valence-corrected chi connectivity index (χ3v) is 4.60. The Morgan fingerprint density at radius 3 is 2.36 bits per heavy atom. The van der Waals surface area contributed by atoms with E-state index in [0.717, 1.165) is 30.7 Å². The van der Waals surface area contributed by atoms with Crippen molar-refractivity contribution in [2.45, 2.75) is 25.0 Å². The zero-order chi connectivity index (χ0) is 17.6. The highest BCUT2D eigenvalue weighted by Crippen LogP contribution is 2.24. The number of rotatable bonds is 5. The van der Waals surface area contributed by atoms with Gasteiger partial charge in [-0.25, -0.2) is 0 Å². The van der Waals surface area contributed by atoms with Crippen molar-refractivity contribution in [1.82, 2.24) is 9.80 Å². The number of hydrogen-bond acceptors (Lipinski definition) is 3. The zero-order valence-electron chi connectivity index (χ0n) is 15.0. The van der Waals surface area contributed by atoms with Crippen LogP contribution in [0.15, 0.2) is 60.7 Å². The smallest absolute Gasteiger partial charge is 0.244 e. The average molecular weight is 338 g/mol. The predicted octanol–water partition coefficient (Wildman–Crippen LogP) is 3.36. The summed E-state index contributed by atoms with van der Waals surface area (Å²) in [5.41, 5.74) is 1.03. The summed E-state index contributed by atoms with van der Waals surface area (Å²) in [6, 6.07) is 19.6. The van der Waals surface area contributed by atoms with E-state index in [1.165, 1.54) is 0 Å². The molecule has 2 atom stereocenters. The lowest BCUT2D eigenvalue weighted by Gasteiger charge is -2.36. The van der Waals surface area contributed by atoms with Gasteiger partial charge >= 0.3 is 0 Å². The molecule has 4 nitrogen and oxygen atoms in total. The van der Waals surface area contributed by atoms with Gasteiger partial charge in [0.05, 0.1) is 6.54 Å². The van der Waals surface area contributed by atoms with Gasteiger partial charge in [-0.2, -0.15) is 0 Å². The zero-order valence-corrected chi connectivity index (χ0v) is 15.0. The Kier molecular flexibility index (Phi) is 5.71. The molecule has 0 spiro atoms. The van der Waals surface area contributed by atoms with Gasteiger partial charge in [0, 0.05) is 6.54 Å². The molecular weight excluding hydrogens is 312 g/mol. The molecule has 3 rings (SSSR count). The topological polar surface area (TPSA) is 32.8 Å². The standard InChI is InChI=1S/C21H26N2O2/c1-22(2)20(17-10-5-3-6-11-17)21(24)23-15-9-14-19(16-23)25-18-12-7-4-8-13-18/h3-8,10-13,19-20H,9,14-16H2,1-2H3. The van der Waals surface area contributed by atoms with Crippen LogP contribution in [-0.2, 0) is 4.79 Å². The molecule has 25 heavy (non-hydrogen) atoms. The highest BCUT2D eigenvalue weighted by atomic mass is 16.5. The Hall–Kier alpha value is -2.33. The van der Waals surface area contributed by atoms with Crippen molar-refractivity contribution in [3.63, 3.8) is 0 Å². The first-order valence-electron chi connectivity index (χ1n) is 8.87. The SMILES string of the molecule is CN(C)C(C(=O)N1CCCC(Oc2ccccc2)C1)c1ccccc1. The lowest BCUT2D eigenvalue weighted by atomic mass is 10.0. The molecule has 0 aliphatic carbocycles. The van der Waals surface area contributed by atoms with Crippen LogP contribution in [0, 0.1) is 0 Å². The summed E-state index contributed by atoms with van der Waals surface area (Å²) in [6.07, 6.45) is 2.01. The molecule has 132 valence electrons. The van der Waals surface area contributed by atoms with Crippen molar-refractivity contribution in [2.24, 2.45) is 0 Å². The van der Waals surface area contributed by atoms with Gasteiger partial charge < -0.3 is 9.64 Å². The van der Waals surface area contributed by atoms with Gasteiger partial charge in [0.15, 0.2) is 0 Å². The minimum Gasteiger partial charge on any atom is -0.489 e. The molecule has 1 amide bonds. The number of benzene rings is 2. The number of hydrogen-bond donors (Lipinski definition) is 0. The van der Waals surface area contributed by atoms with E-state index in [9.17, 15) is 4.79 Å². The Balaban J connectivity index is 1.70. The molecular formula is C21H26N2O2. The molecule has 0 bridgehead atoms. The van der Waals surface area contributed by atoms with Crippen LogP contribution in [0.5, 0.6) is 5.75 Å². The second-order valence-electron chi connectivity index (χ2n) is 6.76. The minimum absolute atomic E-state index is 0.0543. The maximum atomic E-state index is 13.2. The van der Waals surface area contributed by atoms with Gasteiger partial charge in [-0.15, -0.1) is 0 Å². The number of carbonyl (C=O) groups excluding carboxylic acids is 1. The first-order chi connectivity index (χ1) is 12.1. The van der Waals surface area contributed by atoms with Crippen LogP contribution in [0.25, 0.3) is 0 Å². The number of likely N-dealkylation sites (tertiary alicyclic amines) is 1. The molecule has 2 unspecified atom stereocenters. The van der Waals surface area contributed by atoms with Crippen LogP contribution in [0.4, 0.5) is 0 Å². The number of piperidine rings is 1. The Morgan fingerprint density at radius 2 is 1.72 bits per heavy atom. The second-order valence-corrected chi connectivity index (χ2v) is 6.76. The second kappa shape index (κ2) is 8.17. The van der Waals surface area contributed by atoms with E-state index in [0.29, 0.717) is 6.54 Å². The largest absolute Gasteiger partial charge is 0.489 e. The van der Waals surface area contributed by atoms with Crippen molar-refractivity contribution >= 4 is 5.91 Å². The molecule has 2 aromatic carbocycles. The molecule has 4 heteroatoms. The molecule has 1 aliphatic heterocycles. The number of amides is 1. The quantitative estimate of drug-likeness (QED) is 0.838. The van der Waals surface area contributed by atoms with Gasteiger partial charge in [-0.05, 0) is 44.6 Å². The maximum absolute atomic E-state index is 13.2. The molecule has 0 aromatic heterocycles. The lowest BCUT2D eigenvalue weighted by Crippen LogP contribution is -2.48. The number of ether oxygens (including phenoxy) is 1. The van der Waals surface area contributed by atoms with Crippen molar-refractivity contribution < 1.29 is 9.53 Å². The van der Waals surface area contributed by atoms with Crippen LogP contribution in [-0.4, -0.2) is 49.0 Å². The monoisotopic (exact) mass is 338 g/mol. The summed E-state index contributed by atoms with van der Waals surface area (Å²) in [6.45, 7) is 1.44. The van der Waals surface area contributed by atoms with E-state index < -0.39 is 0 Å². The van der Waals surface area contributed by atoms with Gasteiger partial charge in [0.25, 0.3) is 0 Å². The molecule has 0 radical (unpaired) electrons. The fourth-order valence-corrected chi connectivity index (χ4v) is 3.40. The van der Waals surface area contributed by atoms with Gasteiger partial charge in [-0.1, -0.05) is 48.5 Å². The van der Waals surface area contributed by atoms with E-state index in [-0.39, 0.29) is 18.1 Å². The van der Waals surface area contributed by atoms with Crippen LogP contribution < -0.4 is 4.74 Å². The molecule has 2 aromatic rings. The Labute approximate surface area is 150 Å². The van der Waals surface area contributed by atoms with Crippen LogP contribution in [0.3, 0.4) is 0 Å². The summed E-state index contributed by atoms with van der Waals surface area (Å²) in [5.74, 6) is 1.02. The fraction of sp³-hybridized carbons (Fsp3) is 0.381. The molecule has 0 saturated carbocycles. The highest BCUT2D eigenvalue weighted by Gasteiger charge is 2.31. The summed E-state index contributed by atoms with van der Waals surface area (Å²) >= 11 is 0. The number of likely N-dealkylation sites (N-methyl/N-ethyl adjacent to an activating group) is 1. The minimum atomic E-state index is -0.253. The first-order valence-corrected chi connectivity index (χ1v) is 8.87. The summed E-state index contributed by atoms with van der Waals surface area (Å²) in [5, 5.41) is 0. The first kappa shape index (κ1) is 17.5. The normalized spacial score (nSPS) is 18.8. The average Bonchev–Trinajstić information content (AvgIpc) is 2.63. The molecule has 0 N–H and O–H groups in total. The summed E-state index contributed by atoms with van der Waals surface area (Å²) in [7, 11) is 3.91. The van der Waals surface area contributed by atoms with Gasteiger partial charge in [0.2, 0.25) is 5.91 Å². The lowest BCUT2D eigenvalue weighted by molar-refractivity contribution is -0.139. The van der Waals surface area contributed by atoms with Crippen LogP contribution in [0.1, 0.15) is 24.4 Å². The predicted molar refractivity (Wildman–Crippen MR) is 99.5 cm³/mol. The van der Waals surface area contributed by atoms with Crippen molar-refractivity contribution in [1.29, 1.82) is 0 Å². The number of nitrogens with zero attached hydrogens (tertiary/aromatic N) is 2. The third kappa shape index (κ3) is 4.40. The number of para-hydroxylation sites is 1. The molecule has 1 aliphatic rings. The van der Waals surface area contributed by atoms with E-state index in [1.54, 1.807) is 0 Å². The highest BCUT2D eigenvalue weighted by molar-refractivity contribution is 5.83. The fourth-order valence-electron chi connectivity index (χ4n) is 3.40. The van der Waals surface area contributed by atoms with Crippen LogP contribution >= 0.6 is 0 Å². The number of carbonyl (C=O) groups is 1. The molecule has 1 heterocycles. The van der Waals surface area contributed by atoms with E-state index in [1.807, 2.05) is 84.6 Å². The van der Waals surface area contributed by atoms with Crippen molar-refractivity contribution in [2.75, 3.05) is 27.2 Å². The summed E-state index contributed by atoms with van der Waals surface area (Å²) < 4.78 is 6.07. The van der Waals surface area contributed by atoms with Crippen molar-refractivity contribution in [3.8, 4) is 5.75 Å². The molecule has 1 fully saturated rings. The molecule has 1 saturated heterocycles. The van der Waals surface area contributed by atoms with Crippen LogP contribution in [0.2, 0.25) is 0 Å².